The Morgan fingerprint density at radius 3 is 2.11 bits per heavy atom. The molecule has 0 atom stereocenters. The molecule has 2 rings (SSSR count). The van der Waals surface area contributed by atoms with E-state index in [4.69, 9.17) is 0 Å². The lowest BCUT2D eigenvalue weighted by Gasteiger charge is -2.28. The molecule has 0 heterocycles. The maximum absolute atomic E-state index is 3.88. The van der Waals surface area contributed by atoms with Gasteiger partial charge in [-0.25, -0.2) is 0 Å². The molecule has 0 aliphatic heterocycles. The Morgan fingerprint density at radius 1 is 1.00 bits per heavy atom. The number of hydrogen-bond acceptors (Lipinski definition) is 2. The van der Waals surface area contributed by atoms with Crippen LogP contribution in [0.25, 0.3) is 0 Å². The predicted octanol–water partition coefficient (Wildman–Crippen LogP) is 3.67. The van der Waals surface area contributed by atoms with Gasteiger partial charge in [0, 0.05) is 25.2 Å². The minimum atomic E-state index is 0.693. The number of hydrogen-bond donors (Lipinski definition) is 1. The summed E-state index contributed by atoms with van der Waals surface area (Å²) in [6, 6.07) is 1.56. The Bertz CT molecular complexity index is 232. The lowest BCUT2D eigenvalue weighted by Crippen LogP contribution is -2.42. The first-order valence-electron chi connectivity index (χ1n) is 8.69. The Hall–Kier alpha value is -0.0800. The first-order valence-corrected chi connectivity index (χ1v) is 8.69. The summed E-state index contributed by atoms with van der Waals surface area (Å²) in [5, 5.41) is 3.88. The SMILES string of the molecule is CCCCCN(CCNC(C1CC1)C1CC1)C(C)C. The van der Waals surface area contributed by atoms with Crippen molar-refractivity contribution in [1.82, 2.24) is 10.2 Å². The molecule has 0 aromatic heterocycles. The van der Waals surface area contributed by atoms with Crippen molar-refractivity contribution in [2.45, 2.75) is 77.8 Å². The molecule has 0 bridgehead atoms. The maximum Gasteiger partial charge on any atom is 0.0124 e. The van der Waals surface area contributed by atoms with E-state index >= 15 is 0 Å². The minimum absolute atomic E-state index is 0.693. The molecule has 0 amide bonds. The summed E-state index contributed by atoms with van der Waals surface area (Å²) in [4.78, 5) is 2.65. The van der Waals surface area contributed by atoms with Gasteiger partial charge in [-0.2, -0.15) is 0 Å². The van der Waals surface area contributed by atoms with E-state index in [1.165, 1.54) is 64.6 Å². The number of nitrogens with zero attached hydrogens (tertiary/aromatic N) is 1. The zero-order valence-electron chi connectivity index (χ0n) is 13.3. The highest BCUT2D eigenvalue weighted by Gasteiger charge is 2.40. The molecule has 0 aromatic rings. The summed E-state index contributed by atoms with van der Waals surface area (Å²) in [6.45, 7) is 10.7. The molecule has 2 saturated carbocycles. The Balaban J connectivity index is 1.63. The maximum atomic E-state index is 3.88. The third-order valence-corrected chi connectivity index (χ3v) is 4.82. The molecule has 0 aromatic carbocycles. The first kappa shape index (κ1) is 15.3. The van der Waals surface area contributed by atoms with Crippen LogP contribution in [0, 0.1) is 11.8 Å². The summed E-state index contributed by atoms with van der Waals surface area (Å²) in [5.74, 6) is 2.06. The zero-order valence-corrected chi connectivity index (χ0v) is 13.3. The van der Waals surface area contributed by atoms with Crippen LogP contribution in [0.15, 0.2) is 0 Å². The highest BCUT2D eigenvalue weighted by molar-refractivity contribution is 4.96. The fraction of sp³-hybridized carbons (Fsp3) is 1.00. The first-order chi connectivity index (χ1) is 9.22. The molecular formula is C17H34N2. The summed E-state index contributed by atoms with van der Waals surface area (Å²) in [7, 11) is 0. The Morgan fingerprint density at radius 2 is 1.63 bits per heavy atom. The molecule has 2 aliphatic rings. The quantitative estimate of drug-likeness (QED) is 0.574. The molecule has 19 heavy (non-hydrogen) atoms. The fourth-order valence-corrected chi connectivity index (χ4v) is 3.20. The van der Waals surface area contributed by atoms with Crippen LogP contribution in [0.3, 0.4) is 0 Å². The molecular weight excluding hydrogens is 232 g/mol. The van der Waals surface area contributed by atoms with Gasteiger partial charge in [0.15, 0.2) is 0 Å². The second kappa shape index (κ2) is 7.64. The molecule has 2 heteroatoms. The van der Waals surface area contributed by atoms with Crippen LogP contribution in [0.5, 0.6) is 0 Å². The minimum Gasteiger partial charge on any atom is -0.312 e. The Kier molecular flexibility index (Phi) is 6.15. The van der Waals surface area contributed by atoms with Gasteiger partial charge in [-0.3, -0.25) is 4.90 Å². The van der Waals surface area contributed by atoms with Crippen LogP contribution in [0.2, 0.25) is 0 Å². The van der Waals surface area contributed by atoms with Crippen molar-refractivity contribution in [3.63, 3.8) is 0 Å². The van der Waals surface area contributed by atoms with Crippen molar-refractivity contribution in [3.05, 3.63) is 0 Å². The molecule has 0 unspecified atom stereocenters. The molecule has 2 nitrogen and oxygen atoms in total. The van der Waals surface area contributed by atoms with E-state index in [0.717, 1.165) is 17.9 Å². The third-order valence-electron chi connectivity index (χ3n) is 4.82. The van der Waals surface area contributed by atoms with E-state index in [2.05, 4.69) is 31.0 Å². The summed E-state index contributed by atoms with van der Waals surface area (Å²) in [5.41, 5.74) is 0. The van der Waals surface area contributed by atoms with E-state index < -0.39 is 0 Å². The van der Waals surface area contributed by atoms with Gasteiger partial charge in [-0.1, -0.05) is 19.8 Å². The third kappa shape index (κ3) is 5.43. The standard InChI is InChI=1S/C17H34N2/c1-4-5-6-12-19(14(2)3)13-11-18-17(15-7-8-15)16-9-10-16/h14-18H,4-13H2,1-3H3. The zero-order chi connectivity index (χ0) is 13.7. The molecule has 2 fully saturated rings. The van der Waals surface area contributed by atoms with Crippen molar-refractivity contribution in [2.75, 3.05) is 19.6 Å². The van der Waals surface area contributed by atoms with Crippen LogP contribution in [0.4, 0.5) is 0 Å². The lowest BCUT2D eigenvalue weighted by molar-refractivity contribution is 0.212. The van der Waals surface area contributed by atoms with Crippen molar-refractivity contribution < 1.29 is 0 Å². The number of nitrogens with one attached hydrogen (secondary N) is 1. The molecule has 2 aliphatic carbocycles. The molecule has 1 N–H and O–H groups in total. The number of unbranched alkanes of at least 4 members (excludes halogenated alkanes) is 2. The largest absolute Gasteiger partial charge is 0.312 e. The summed E-state index contributed by atoms with van der Waals surface area (Å²) < 4.78 is 0. The second-order valence-corrected chi connectivity index (χ2v) is 6.99. The van der Waals surface area contributed by atoms with Crippen molar-refractivity contribution >= 4 is 0 Å². The van der Waals surface area contributed by atoms with Crippen LogP contribution >= 0.6 is 0 Å². The predicted molar refractivity (Wildman–Crippen MR) is 83.5 cm³/mol. The average molecular weight is 266 g/mol. The van der Waals surface area contributed by atoms with E-state index in [0.29, 0.717) is 6.04 Å². The summed E-state index contributed by atoms with van der Waals surface area (Å²) in [6.07, 6.45) is 10.0. The smallest absolute Gasteiger partial charge is 0.0124 e. The van der Waals surface area contributed by atoms with Crippen molar-refractivity contribution in [3.8, 4) is 0 Å². The van der Waals surface area contributed by atoms with Crippen LogP contribution < -0.4 is 5.32 Å². The van der Waals surface area contributed by atoms with Gasteiger partial charge in [0.25, 0.3) is 0 Å². The van der Waals surface area contributed by atoms with Gasteiger partial charge in [0.1, 0.15) is 0 Å². The molecule has 0 spiro atoms. The van der Waals surface area contributed by atoms with E-state index in [-0.39, 0.29) is 0 Å². The normalized spacial score (nSPS) is 19.9. The summed E-state index contributed by atoms with van der Waals surface area (Å²) >= 11 is 0. The molecule has 112 valence electrons. The van der Waals surface area contributed by atoms with Gasteiger partial charge >= 0.3 is 0 Å². The molecule has 0 radical (unpaired) electrons. The van der Waals surface area contributed by atoms with E-state index in [9.17, 15) is 0 Å². The van der Waals surface area contributed by atoms with Gasteiger partial charge < -0.3 is 5.32 Å². The topological polar surface area (TPSA) is 15.3 Å². The van der Waals surface area contributed by atoms with Crippen LogP contribution in [-0.2, 0) is 0 Å². The van der Waals surface area contributed by atoms with Crippen LogP contribution in [0.1, 0.15) is 65.7 Å². The average Bonchev–Trinajstić information content (AvgIpc) is 3.26. The fourth-order valence-electron chi connectivity index (χ4n) is 3.20. The van der Waals surface area contributed by atoms with E-state index in [1.54, 1.807) is 0 Å². The molecule has 0 saturated heterocycles. The van der Waals surface area contributed by atoms with E-state index in [1.807, 2.05) is 0 Å². The highest BCUT2D eigenvalue weighted by Crippen LogP contribution is 2.44. The lowest BCUT2D eigenvalue weighted by atomic mass is 10.1. The van der Waals surface area contributed by atoms with Gasteiger partial charge in [0.2, 0.25) is 0 Å². The van der Waals surface area contributed by atoms with Crippen LogP contribution in [-0.4, -0.2) is 36.6 Å². The number of rotatable bonds is 11. The van der Waals surface area contributed by atoms with Crippen molar-refractivity contribution in [1.29, 1.82) is 0 Å². The second-order valence-electron chi connectivity index (χ2n) is 6.99. The monoisotopic (exact) mass is 266 g/mol. The van der Waals surface area contributed by atoms with Crippen molar-refractivity contribution in [2.24, 2.45) is 11.8 Å². The Labute approximate surface area is 120 Å². The highest BCUT2D eigenvalue weighted by atomic mass is 15.2. The van der Waals surface area contributed by atoms with Gasteiger partial charge in [-0.05, 0) is 64.3 Å². The van der Waals surface area contributed by atoms with Gasteiger partial charge in [-0.15, -0.1) is 0 Å². The van der Waals surface area contributed by atoms with Gasteiger partial charge in [0.05, 0.1) is 0 Å².